The van der Waals surface area contributed by atoms with Crippen LogP contribution in [0, 0.1) is 5.92 Å². The van der Waals surface area contributed by atoms with Crippen LogP contribution in [0.4, 0.5) is 0 Å². The second-order valence-corrected chi connectivity index (χ2v) is 4.44. The van der Waals surface area contributed by atoms with Gasteiger partial charge in [0.15, 0.2) is 0 Å². The third-order valence-electron chi connectivity index (χ3n) is 3.05. The molecule has 1 fully saturated rings. The number of benzene rings is 1. The highest BCUT2D eigenvalue weighted by Crippen LogP contribution is 2.24. The molecule has 0 spiro atoms. The Bertz CT molecular complexity index is 286. The van der Waals surface area contributed by atoms with Crippen LogP contribution in [0.3, 0.4) is 0 Å². The van der Waals surface area contributed by atoms with Gasteiger partial charge in [-0.2, -0.15) is 0 Å². The molecule has 1 unspecified atom stereocenters. The van der Waals surface area contributed by atoms with Crippen molar-refractivity contribution in [1.82, 2.24) is 0 Å². The molecule has 2 atom stereocenters. The van der Waals surface area contributed by atoms with Gasteiger partial charge in [0, 0.05) is 12.6 Å². The average Bonchev–Trinajstić information content (AvgIpc) is 2.66. The predicted molar refractivity (Wildman–Crippen MR) is 61.4 cm³/mol. The Kier molecular flexibility index (Phi) is 3.75. The minimum Gasteiger partial charge on any atom is -0.376 e. The lowest BCUT2D eigenvalue weighted by molar-refractivity contribution is 0.0885. The van der Waals surface area contributed by atoms with Crippen molar-refractivity contribution in [2.75, 3.05) is 6.61 Å². The van der Waals surface area contributed by atoms with Gasteiger partial charge in [0.05, 0.1) is 6.61 Å². The summed E-state index contributed by atoms with van der Waals surface area (Å²) in [6.07, 6.45) is 3.53. The van der Waals surface area contributed by atoms with E-state index >= 15 is 0 Å². The zero-order valence-corrected chi connectivity index (χ0v) is 9.06. The van der Waals surface area contributed by atoms with Gasteiger partial charge in [-0.3, -0.25) is 0 Å². The van der Waals surface area contributed by atoms with E-state index in [1.807, 2.05) is 18.2 Å². The van der Waals surface area contributed by atoms with Crippen LogP contribution in [-0.2, 0) is 11.3 Å². The Morgan fingerprint density at radius 1 is 1.20 bits per heavy atom. The molecule has 0 aromatic heterocycles. The fraction of sp³-hybridized carbons (Fsp3) is 0.538. The number of nitrogens with two attached hydrogens (primary N) is 1. The summed E-state index contributed by atoms with van der Waals surface area (Å²) < 4.78 is 5.70. The molecule has 15 heavy (non-hydrogen) atoms. The highest BCUT2D eigenvalue weighted by Gasteiger charge is 2.21. The molecule has 2 N–H and O–H groups in total. The molecule has 2 heteroatoms. The van der Waals surface area contributed by atoms with Crippen molar-refractivity contribution in [3.8, 4) is 0 Å². The Balaban J connectivity index is 1.67. The van der Waals surface area contributed by atoms with Crippen molar-refractivity contribution < 1.29 is 4.74 Å². The summed E-state index contributed by atoms with van der Waals surface area (Å²) in [5, 5.41) is 0. The fourth-order valence-electron chi connectivity index (χ4n) is 2.18. The second kappa shape index (κ2) is 5.29. The molecule has 2 rings (SSSR count). The van der Waals surface area contributed by atoms with Gasteiger partial charge >= 0.3 is 0 Å². The molecule has 1 aromatic rings. The van der Waals surface area contributed by atoms with E-state index in [9.17, 15) is 0 Å². The van der Waals surface area contributed by atoms with Gasteiger partial charge in [-0.15, -0.1) is 0 Å². The van der Waals surface area contributed by atoms with Crippen molar-refractivity contribution in [3.63, 3.8) is 0 Å². The summed E-state index contributed by atoms with van der Waals surface area (Å²) in [4.78, 5) is 0. The first kappa shape index (κ1) is 10.7. The maximum absolute atomic E-state index is 5.85. The van der Waals surface area contributed by atoms with Gasteiger partial charge in [0.1, 0.15) is 0 Å². The van der Waals surface area contributed by atoms with Crippen molar-refractivity contribution >= 4 is 0 Å². The molecule has 1 aromatic carbocycles. The molecule has 1 aliphatic rings. The minimum absolute atomic E-state index is 0.412. The van der Waals surface area contributed by atoms with Crippen LogP contribution in [0.15, 0.2) is 30.3 Å². The Morgan fingerprint density at radius 3 is 2.67 bits per heavy atom. The van der Waals surface area contributed by atoms with Gasteiger partial charge in [0.2, 0.25) is 0 Å². The van der Waals surface area contributed by atoms with Crippen molar-refractivity contribution in [2.45, 2.75) is 31.9 Å². The molecule has 0 bridgehead atoms. The predicted octanol–water partition coefficient (Wildman–Crippen LogP) is 2.33. The second-order valence-electron chi connectivity index (χ2n) is 4.44. The molecule has 1 aliphatic carbocycles. The van der Waals surface area contributed by atoms with E-state index in [1.165, 1.54) is 18.4 Å². The first-order valence-corrected chi connectivity index (χ1v) is 5.72. The Labute approximate surface area is 91.4 Å². The van der Waals surface area contributed by atoms with Gasteiger partial charge < -0.3 is 10.5 Å². The molecule has 0 heterocycles. The molecule has 0 amide bonds. The number of hydrogen-bond acceptors (Lipinski definition) is 2. The molecule has 1 saturated carbocycles. The minimum atomic E-state index is 0.412. The van der Waals surface area contributed by atoms with Crippen LogP contribution in [0.2, 0.25) is 0 Å². The summed E-state index contributed by atoms with van der Waals surface area (Å²) in [5.41, 5.74) is 7.10. The summed E-state index contributed by atoms with van der Waals surface area (Å²) >= 11 is 0. The first-order valence-electron chi connectivity index (χ1n) is 5.72. The summed E-state index contributed by atoms with van der Waals surface area (Å²) in [6.45, 7) is 1.59. The zero-order valence-electron chi connectivity index (χ0n) is 9.06. The van der Waals surface area contributed by atoms with Crippen LogP contribution in [-0.4, -0.2) is 12.6 Å². The summed E-state index contributed by atoms with van der Waals surface area (Å²) in [5.74, 6) is 0.684. The Morgan fingerprint density at radius 2 is 2.00 bits per heavy atom. The van der Waals surface area contributed by atoms with Crippen LogP contribution in [0.5, 0.6) is 0 Å². The van der Waals surface area contributed by atoms with Crippen LogP contribution >= 0.6 is 0 Å². The number of rotatable bonds is 4. The van der Waals surface area contributed by atoms with Crippen molar-refractivity contribution in [3.05, 3.63) is 35.9 Å². The molecule has 0 saturated heterocycles. The molecular formula is C13H19NO. The van der Waals surface area contributed by atoms with E-state index in [1.54, 1.807) is 0 Å². The lowest BCUT2D eigenvalue weighted by Gasteiger charge is -2.10. The molecular weight excluding hydrogens is 186 g/mol. The lowest BCUT2D eigenvalue weighted by atomic mass is 10.1. The van der Waals surface area contributed by atoms with Gasteiger partial charge in [-0.25, -0.2) is 0 Å². The highest BCUT2D eigenvalue weighted by molar-refractivity contribution is 5.13. The highest BCUT2D eigenvalue weighted by atomic mass is 16.5. The zero-order chi connectivity index (χ0) is 10.5. The third-order valence-corrected chi connectivity index (χ3v) is 3.05. The van der Waals surface area contributed by atoms with Crippen molar-refractivity contribution in [1.29, 1.82) is 0 Å². The van der Waals surface area contributed by atoms with Crippen LogP contribution in [0.25, 0.3) is 0 Å². The fourth-order valence-corrected chi connectivity index (χ4v) is 2.18. The quantitative estimate of drug-likeness (QED) is 0.818. The largest absolute Gasteiger partial charge is 0.376 e. The molecule has 2 nitrogen and oxygen atoms in total. The van der Waals surface area contributed by atoms with Crippen molar-refractivity contribution in [2.24, 2.45) is 11.7 Å². The monoisotopic (exact) mass is 205 g/mol. The lowest BCUT2D eigenvalue weighted by Crippen LogP contribution is -2.16. The van der Waals surface area contributed by atoms with E-state index < -0.39 is 0 Å². The van der Waals surface area contributed by atoms with Gasteiger partial charge in [-0.05, 0) is 30.7 Å². The standard InChI is InChI=1S/C13H19NO/c14-13-7-6-12(8-13)10-15-9-11-4-2-1-3-5-11/h1-5,12-13H,6-10,14H2/t12-,13?/m1/s1. The van der Waals surface area contributed by atoms with Crippen LogP contribution < -0.4 is 5.73 Å². The summed E-state index contributed by atoms with van der Waals surface area (Å²) in [6, 6.07) is 10.7. The smallest absolute Gasteiger partial charge is 0.0717 e. The molecule has 0 radical (unpaired) electrons. The normalized spacial score (nSPS) is 25.7. The maximum atomic E-state index is 5.85. The van der Waals surface area contributed by atoms with E-state index in [0.29, 0.717) is 12.0 Å². The van der Waals surface area contributed by atoms with E-state index in [-0.39, 0.29) is 0 Å². The first-order chi connectivity index (χ1) is 7.34. The number of ether oxygens (including phenoxy) is 1. The van der Waals surface area contributed by atoms with E-state index in [0.717, 1.165) is 19.6 Å². The summed E-state index contributed by atoms with van der Waals surface area (Å²) in [7, 11) is 0. The molecule has 0 aliphatic heterocycles. The van der Waals surface area contributed by atoms with E-state index in [2.05, 4.69) is 12.1 Å². The van der Waals surface area contributed by atoms with Gasteiger partial charge in [0.25, 0.3) is 0 Å². The molecule has 82 valence electrons. The van der Waals surface area contributed by atoms with Gasteiger partial charge in [-0.1, -0.05) is 30.3 Å². The topological polar surface area (TPSA) is 35.2 Å². The third kappa shape index (κ3) is 3.33. The van der Waals surface area contributed by atoms with Crippen LogP contribution in [0.1, 0.15) is 24.8 Å². The number of hydrogen-bond donors (Lipinski definition) is 1. The average molecular weight is 205 g/mol. The Hall–Kier alpha value is -0.860. The SMILES string of the molecule is NC1CC[C@@H](COCc2ccccc2)C1. The maximum Gasteiger partial charge on any atom is 0.0717 e. The van der Waals surface area contributed by atoms with E-state index in [4.69, 9.17) is 10.5 Å².